The Morgan fingerprint density at radius 2 is 2.10 bits per heavy atom. The Balaban J connectivity index is 3.36. The van der Waals surface area contributed by atoms with Gasteiger partial charge in [0.25, 0.3) is 0 Å². The molecule has 1 aromatic carbocycles. The maximum absolute atomic E-state index is 14.1. The number of unbranched alkanes of at least 4 members (excludes halogenated alkanes) is 1. The van der Waals surface area contributed by atoms with Gasteiger partial charge in [-0.1, -0.05) is 24.3 Å². The highest BCUT2D eigenvalue weighted by Crippen LogP contribution is 2.34. The molecule has 1 N–H and O–H groups in total. The molecule has 0 aromatic heterocycles. The number of esters is 1. The van der Waals surface area contributed by atoms with E-state index < -0.39 is 23.2 Å². The lowest BCUT2D eigenvalue weighted by Crippen LogP contribution is -2.45. The fourth-order valence-electron chi connectivity index (χ4n) is 2.23. The number of hydrogen-bond donors (Lipinski definition) is 1. The molecule has 0 heterocycles. The summed E-state index contributed by atoms with van der Waals surface area (Å²) in [5.41, 5.74) is -2.19. The SMILES string of the molecule is C=CCCCC(C(=O)O)(C(=O)OCC)c1ccccc1F. The molecule has 1 unspecified atom stereocenters. The summed E-state index contributed by atoms with van der Waals surface area (Å²) in [7, 11) is 0. The number of ether oxygens (including phenoxy) is 1. The van der Waals surface area contributed by atoms with Crippen LogP contribution in [-0.2, 0) is 19.7 Å². The topological polar surface area (TPSA) is 63.6 Å². The van der Waals surface area contributed by atoms with Gasteiger partial charge < -0.3 is 9.84 Å². The number of carboxylic acids is 1. The van der Waals surface area contributed by atoms with Crippen molar-refractivity contribution in [1.29, 1.82) is 0 Å². The largest absolute Gasteiger partial charge is 0.480 e. The van der Waals surface area contributed by atoms with E-state index in [1.165, 1.54) is 18.2 Å². The predicted molar refractivity (Wildman–Crippen MR) is 76.4 cm³/mol. The highest BCUT2D eigenvalue weighted by molar-refractivity contribution is 6.05. The molecule has 0 saturated carbocycles. The first-order chi connectivity index (χ1) is 10.0. The van der Waals surface area contributed by atoms with Crippen LogP contribution in [0.1, 0.15) is 31.7 Å². The highest BCUT2D eigenvalue weighted by atomic mass is 19.1. The number of aliphatic carboxylic acids is 1. The predicted octanol–water partition coefficient (Wildman–Crippen LogP) is 3.07. The van der Waals surface area contributed by atoms with E-state index in [4.69, 9.17) is 4.74 Å². The van der Waals surface area contributed by atoms with Gasteiger partial charge in [0.1, 0.15) is 5.82 Å². The van der Waals surface area contributed by atoms with Crippen LogP contribution in [0.15, 0.2) is 36.9 Å². The second-order valence-electron chi connectivity index (χ2n) is 4.59. The van der Waals surface area contributed by atoms with E-state index in [0.717, 1.165) is 6.07 Å². The lowest BCUT2D eigenvalue weighted by molar-refractivity contribution is -0.162. The fourth-order valence-corrected chi connectivity index (χ4v) is 2.23. The number of carboxylic acid groups (broad SMARTS) is 1. The van der Waals surface area contributed by atoms with Gasteiger partial charge in [0.2, 0.25) is 0 Å². The summed E-state index contributed by atoms with van der Waals surface area (Å²) in [5, 5.41) is 9.60. The van der Waals surface area contributed by atoms with E-state index >= 15 is 0 Å². The van der Waals surface area contributed by atoms with Gasteiger partial charge >= 0.3 is 11.9 Å². The maximum atomic E-state index is 14.1. The molecule has 0 spiro atoms. The van der Waals surface area contributed by atoms with E-state index in [0.29, 0.717) is 12.8 Å². The first kappa shape index (κ1) is 16.9. The van der Waals surface area contributed by atoms with Crippen LogP contribution >= 0.6 is 0 Å². The number of allylic oxidation sites excluding steroid dienone is 1. The van der Waals surface area contributed by atoms with E-state index in [9.17, 15) is 19.1 Å². The molecule has 1 rings (SSSR count). The van der Waals surface area contributed by atoms with Crippen molar-refractivity contribution >= 4 is 11.9 Å². The van der Waals surface area contributed by atoms with Crippen LogP contribution in [0.25, 0.3) is 0 Å². The second-order valence-corrected chi connectivity index (χ2v) is 4.59. The zero-order valence-electron chi connectivity index (χ0n) is 12.0. The van der Waals surface area contributed by atoms with Crippen LogP contribution < -0.4 is 0 Å². The molecule has 0 aliphatic heterocycles. The molecule has 5 heteroatoms. The van der Waals surface area contributed by atoms with Crippen LogP contribution in [-0.4, -0.2) is 23.7 Å². The summed E-state index contributed by atoms with van der Waals surface area (Å²) < 4.78 is 19.0. The molecule has 0 saturated heterocycles. The van der Waals surface area contributed by atoms with Crippen molar-refractivity contribution < 1.29 is 23.8 Å². The maximum Gasteiger partial charge on any atom is 0.328 e. The summed E-state index contributed by atoms with van der Waals surface area (Å²) in [4.78, 5) is 24.0. The van der Waals surface area contributed by atoms with Crippen LogP contribution in [0.2, 0.25) is 0 Å². The minimum atomic E-state index is -2.02. The summed E-state index contributed by atoms with van der Waals surface area (Å²) in [6.07, 6.45) is 2.50. The third kappa shape index (κ3) is 3.48. The first-order valence-corrected chi connectivity index (χ1v) is 6.77. The first-order valence-electron chi connectivity index (χ1n) is 6.77. The lowest BCUT2D eigenvalue weighted by Gasteiger charge is -2.27. The average molecular weight is 294 g/mol. The Hall–Kier alpha value is -2.17. The molecular formula is C16H19FO4. The smallest absolute Gasteiger partial charge is 0.328 e. The van der Waals surface area contributed by atoms with Crippen LogP contribution in [0.3, 0.4) is 0 Å². The molecule has 0 bridgehead atoms. The van der Waals surface area contributed by atoms with Gasteiger partial charge in [-0.2, -0.15) is 0 Å². The number of carbonyl (C=O) groups is 2. The van der Waals surface area contributed by atoms with E-state index in [-0.39, 0.29) is 18.6 Å². The average Bonchev–Trinajstić information content (AvgIpc) is 2.44. The van der Waals surface area contributed by atoms with Gasteiger partial charge in [-0.05, 0) is 32.3 Å². The molecule has 0 fully saturated rings. The summed E-state index contributed by atoms with van der Waals surface area (Å²) in [6.45, 7) is 5.17. The van der Waals surface area contributed by atoms with Crippen molar-refractivity contribution in [1.82, 2.24) is 0 Å². The van der Waals surface area contributed by atoms with Crippen molar-refractivity contribution in [3.05, 3.63) is 48.3 Å². The molecule has 4 nitrogen and oxygen atoms in total. The van der Waals surface area contributed by atoms with Crippen LogP contribution in [0, 0.1) is 5.82 Å². The molecule has 0 aliphatic rings. The molecule has 1 aromatic rings. The number of carbonyl (C=O) groups excluding carboxylic acids is 1. The summed E-state index contributed by atoms with van der Waals surface area (Å²) in [6, 6.07) is 5.40. The van der Waals surface area contributed by atoms with Crippen molar-refractivity contribution in [3.8, 4) is 0 Å². The zero-order valence-corrected chi connectivity index (χ0v) is 12.0. The molecular weight excluding hydrogens is 275 g/mol. The number of benzene rings is 1. The van der Waals surface area contributed by atoms with Gasteiger partial charge in [-0.25, -0.2) is 4.39 Å². The van der Waals surface area contributed by atoms with E-state index in [1.807, 2.05) is 0 Å². The van der Waals surface area contributed by atoms with E-state index in [1.54, 1.807) is 13.0 Å². The normalized spacial score (nSPS) is 13.2. The van der Waals surface area contributed by atoms with Crippen molar-refractivity contribution in [2.75, 3.05) is 6.61 Å². The standard InChI is InChI=1S/C16H19FO4/c1-3-5-8-11-16(14(18)19,15(20)21-4-2)12-9-6-7-10-13(12)17/h3,6-7,9-10H,1,4-5,8,11H2,2H3,(H,18,19). The zero-order chi connectivity index (χ0) is 15.9. The van der Waals surface area contributed by atoms with Crippen LogP contribution in [0.4, 0.5) is 4.39 Å². The minimum Gasteiger partial charge on any atom is -0.480 e. The van der Waals surface area contributed by atoms with E-state index in [2.05, 4.69) is 6.58 Å². The van der Waals surface area contributed by atoms with Crippen molar-refractivity contribution in [2.45, 2.75) is 31.6 Å². The van der Waals surface area contributed by atoms with Crippen molar-refractivity contribution in [2.24, 2.45) is 0 Å². The van der Waals surface area contributed by atoms with Gasteiger partial charge in [-0.3, -0.25) is 9.59 Å². The second kappa shape index (κ2) is 7.57. The summed E-state index contributed by atoms with van der Waals surface area (Å²) in [5.74, 6) is -3.08. The summed E-state index contributed by atoms with van der Waals surface area (Å²) >= 11 is 0. The van der Waals surface area contributed by atoms with Gasteiger partial charge in [0, 0.05) is 5.56 Å². The Morgan fingerprint density at radius 3 is 2.62 bits per heavy atom. The monoisotopic (exact) mass is 294 g/mol. The number of hydrogen-bond acceptors (Lipinski definition) is 3. The number of rotatable bonds is 8. The Labute approximate surface area is 123 Å². The third-order valence-corrected chi connectivity index (χ3v) is 3.28. The van der Waals surface area contributed by atoms with Crippen molar-refractivity contribution in [3.63, 3.8) is 0 Å². The third-order valence-electron chi connectivity index (χ3n) is 3.28. The molecule has 21 heavy (non-hydrogen) atoms. The van der Waals surface area contributed by atoms with Crippen LogP contribution in [0.5, 0.6) is 0 Å². The molecule has 0 radical (unpaired) electrons. The van der Waals surface area contributed by atoms with Gasteiger partial charge in [-0.15, -0.1) is 6.58 Å². The Morgan fingerprint density at radius 1 is 1.43 bits per heavy atom. The minimum absolute atomic E-state index is 0.0315. The Bertz CT molecular complexity index is 527. The number of halogens is 1. The van der Waals surface area contributed by atoms with Gasteiger partial charge in [0.05, 0.1) is 6.61 Å². The quantitative estimate of drug-likeness (QED) is 0.346. The fraction of sp³-hybridized carbons (Fsp3) is 0.375. The highest BCUT2D eigenvalue weighted by Gasteiger charge is 2.50. The molecule has 0 aliphatic carbocycles. The molecule has 1 atom stereocenters. The molecule has 0 amide bonds. The lowest BCUT2D eigenvalue weighted by atomic mass is 9.76. The molecule has 114 valence electrons. The van der Waals surface area contributed by atoms with Gasteiger partial charge in [0.15, 0.2) is 5.41 Å². The Kier molecular flexibility index (Phi) is 6.09.